The number of esters is 1. The summed E-state index contributed by atoms with van der Waals surface area (Å²) in [7, 11) is 2.95. The number of benzene rings is 3. The Bertz CT molecular complexity index is 2750. The lowest BCUT2D eigenvalue weighted by atomic mass is 9.89. The number of unbranched alkanes of at least 4 members (excludes halogenated alkanes) is 1. The number of amides is 3. The summed E-state index contributed by atoms with van der Waals surface area (Å²) in [4.78, 5) is 56.6. The van der Waals surface area contributed by atoms with E-state index in [2.05, 4.69) is 65.2 Å². The standard InChI is InChI=1S/C52H62N8O9/c1-8-10-27-68-51(65)58-26-16-22-45(60(58)50(63)64)43-32-59(56-55-43)52(4,5)31-41-40-30-38(23-24-44(40)57(9-2)47(41)39-21-15-25-53-46(39)34(3)66-6)37-20-14-19-36(28-37)29-42(48(61)67-7)54-49(62)69-33-35-17-12-11-13-18-35/h11-15,17-21,23-25,28,30,32,34,42,45H,8-10,16,22,26-27,29,31,33H2,1-7H3,(H,54,62)(H,63,64)/t34?,42?,45-/m0/s1. The number of carboxylic acid groups (broad SMARTS) is 1. The number of carbonyl (C=O) groups is 4. The average molecular weight is 943 g/mol. The largest absolute Gasteiger partial charge is 0.467 e. The minimum atomic E-state index is -1.28. The fourth-order valence-corrected chi connectivity index (χ4v) is 8.97. The number of aryl methyl sites for hydroxylation is 1. The van der Waals surface area contributed by atoms with Gasteiger partial charge in [-0.1, -0.05) is 79.2 Å². The number of hydrazine groups is 1. The van der Waals surface area contributed by atoms with Crippen molar-refractivity contribution in [2.24, 2.45) is 0 Å². The van der Waals surface area contributed by atoms with Gasteiger partial charge in [-0.3, -0.25) is 4.98 Å². The number of pyridine rings is 1. The van der Waals surface area contributed by atoms with Gasteiger partial charge < -0.3 is 33.9 Å². The van der Waals surface area contributed by atoms with Crippen molar-refractivity contribution in [2.75, 3.05) is 27.4 Å². The molecule has 1 fully saturated rings. The molecule has 7 rings (SSSR count). The van der Waals surface area contributed by atoms with Crippen LogP contribution in [0.15, 0.2) is 97.3 Å². The summed E-state index contributed by atoms with van der Waals surface area (Å²) in [5.74, 6) is -0.598. The molecule has 0 bridgehead atoms. The number of nitrogens with one attached hydrogen (secondary N) is 1. The zero-order chi connectivity index (χ0) is 49.2. The zero-order valence-corrected chi connectivity index (χ0v) is 40.4. The molecule has 0 saturated carbocycles. The topological polar surface area (TPSA) is 192 Å². The number of fused-ring (bicyclic) bond motifs is 1. The quantitative estimate of drug-likeness (QED) is 0.0472. The summed E-state index contributed by atoms with van der Waals surface area (Å²) in [6, 6.07) is 25.7. The minimum Gasteiger partial charge on any atom is -0.467 e. The number of rotatable bonds is 18. The van der Waals surface area contributed by atoms with E-state index >= 15 is 0 Å². The number of hydrogen-bond donors (Lipinski definition) is 2. The van der Waals surface area contributed by atoms with Gasteiger partial charge in [0, 0.05) is 49.3 Å². The molecule has 0 radical (unpaired) electrons. The molecule has 0 aliphatic carbocycles. The van der Waals surface area contributed by atoms with Crippen LogP contribution < -0.4 is 5.32 Å². The van der Waals surface area contributed by atoms with Crippen molar-refractivity contribution in [1.29, 1.82) is 0 Å². The Morgan fingerprint density at radius 3 is 2.42 bits per heavy atom. The van der Waals surface area contributed by atoms with Gasteiger partial charge in [-0.25, -0.2) is 33.9 Å². The van der Waals surface area contributed by atoms with Gasteiger partial charge in [-0.05, 0) is 105 Å². The van der Waals surface area contributed by atoms with Crippen LogP contribution in [0, 0.1) is 0 Å². The Labute approximate surface area is 402 Å². The van der Waals surface area contributed by atoms with Gasteiger partial charge in [0.1, 0.15) is 24.4 Å². The van der Waals surface area contributed by atoms with E-state index in [-0.39, 0.29) is 32.3 Å². The van der Waals surface area contributed by atoms with Crippen molar-refractivity contribution in [2.45, 2.75) is 110 Å². The van der Waals surface area contributed by atoms with E-state index in [4.69, 9.17) is 23.9 Å². The van der Waals surface area contributed by atoms with Crippen LogP contribution in [-0.4, -0.2) is 97.3 Å². The van der Waals surface area contributed by atoms with Gasteiger partial charge in [-0.2, -0.15) is 0 Å². The van der Waals surface area contributed by atoms with Crippen LogP contribution >= 0.6 is 0 Å². The molecule has 3 amide bonds. The Morgan fingerprint density at radius 2 is 1.70 bits per heavy atom. The third-order valence-electron chi connectivity index (χ3n) is 12.6. The summed E-state index contributed by atoms with van der Waals surface area (Å²) >= 11 is 0. The molecule has 4 heterocycles. The van der Waals surface area contributed by atoms with Crippen LogP contribution in [0.5, 0.6) is 0 Å². The van der Waals surface area contributed by atoms with E-state index in [0.717, 1.165) is 72.1 Å². The summed E-state index contributed by atoms with van der Waals surface area (Å²) < 4.78 is 25.9. The summed E-state index contributed by atoms with van der Waals surface area (Å²) in [6.07, 6.45) is 3.65. The molecule has 3 aromatic carbocycles. The minimum absolute atomic E-state index is 0.0517. The van der Waals surface area contributed by atoms with Gasteiger partial charge in [0.05, 0.1) is 42.9 Å². The van der Waals surface area contributed by atoms with Gasteiger partial charge in [0.2, 0.25) is 0 Å². The number of methoxy groups -OCH3 is 2. The molecule has 3 atom stereocenters. The van der Waals surface area contributed by atoms with E-state index in [1.807, 2.05) is 74.5 Å². The van der Waals surface area contributed by atoms with Crippen molar-refractivity contribution in [1.82, 2.24) is 39.9 Å². The number of hydrogen-bond acceptors (Lipinski definition) is 11. The number of nitrogens with zero attached hydrogens (tertiary/aromatic N) is 7. The van der Waals surface area contributed by atoms with E-state index in [9.17, 15) is 24.3 Å². The van der Waals surface area contributed by atoms with Crippen molar-refractivity contribution >= 4 is 35.2 Å². The highest BCUT2D eigenvalue weighted by molar-refractivity contribution is 5.95. The molecule has 2 unspecified atom stereocenters. The third-order valence-corrected chi connectivity index (χ3v) is 12.6. The molecule has 1 aliphatic rings. The first-order valence-electron chi connectivity index (χ1n) is 23.4. The normalized spacial score (nSPS) is 14.9. The molecule has 17 heteroatoms. The lowest BCUT2D eigenvalue weighted by Gasteiger charge is -2.40. The maximum atomic E-state index is 13.1. The Hall–Kier alpha value is -7.27. The Kier molecular flexibility index (Phi) is 16.0. The lowest BCUT2D eigenvalue weighted by Crippen LogP contribution is -2.54. The maximum Gasteiger partial charge on any atom is 0.428 e. The number of aromatic nitrogens is 5. The zero-order valence-electron chi connectivity index (χ0n) is 40.4. The molecule has 3 aromatic heterocycles. The Morgan fingerprint density at radius 1 is 0.928 bits per heavy atom. The second-order valence-electron chi connectivity index (χ2n) is 17.8. The molecule has 17 nitrogen and oxygen atoms in total. The first kappa shape index (κ1) is 49.6. The molecule has 1 saturated heterocycles. The molecular formula is C52H62N8O9. The van der Waals surface area contributed by atoms with Crippen molar-refractivity contribution < 1.29 is 43.2 Å². The molecule has 1 aliphatic heterocycles. The number of alkyl carbamates (subject to hydrolysis) is 1. The van der Waals surface area contributed by atoms with Crippen LogP contribution in [0.1, 0.15) is 101 Å². The number of carbonyl (C=O) groups excluding carboxylic acids is 3. The molecule has 6 aromatic rings. The third kappa shape index (κ3) is 11.2. The summed E-state index contributed by atoms with van der Waals surface area (Å²) in [5.41, 5.74) is 7.86. The maximum absolute atomic E-state index is 13.1. The lowest BCUT2D eigenvalue weighted by molar-refractivity contribution is -0.143. The van der Waals surface area contributed by atoms with E-state index in [1.165, 1.54) is 7.11 Å². The fourth-order valence-electron chi connectivity index (χ4n) is 8.97. The first-order chi connectivity index (χ1) is 33.3. The van der Waals surface area contributed by atoms with Gasteiger partial charge >= 0.3 is 24.2 Å². The number of ether oxygens (including phenoxy) is 4. The van der Waals surface area contributed by atoms with E-state index in [0.29, 0.717) is 37.9 Å². The summed E-state index contributed by atoms with van der Waals surface area (Å²) in [5, 5.41) is 25.4. The van der Waals surface area contributed by atoms with E-state index in [1.54, 1.807) is 24.2 Å². The van der Waals surface area contributed by atoms with Gasteiger partial charge in [0.25, 0.3) is 0 Å². The van der Waals surface area contributed by atoms with Crippen molar-refractivity contribution in [3.05, 3.63) is 125 Å². The predicted octanol–water partition coefficient (Wildman–Crippen LogP) is 9.65. The van der Waals surface area contributed by atoms with Crippen LogP contribution in [-0.2, 0) is 55.3 Å². The highest BCUT2D eigenvalue weighted by Gasteiger charge is 2.40. The van der Waals surface area contributed by atoms with Crippen LogP contribution in [0.4, 0.5) is 14.4 Å². The summed E-state index contributed by atoms with van der Waals surface area (Å²) in [6.45, 7) is 11.3. The van der Waals surface area contributed by atoms with Gasteiger partial charge in [0.15, 0.2) is 0 Å². The first-order valence-corrected chi connectivity index (χ1v) is 23.4. The molecule has 2 N–H and O–H groups in total. The Balaban J connectivity index is 1.25. The predicted molar refractivity (Wildman–Crippen MR) is 259 cm³/mol. The monoisotopic (exact) mass is 942 g/mol. The van der Waals surface area contributed by atoms with Crippen molar-refractivity contribution in [3.63, 3.8) is 0 Å². The fraction of sp³-hybridized carbons (Fsp3) is 0.404. The molecule has 69 heavy (non-hydrogen) atoms. The van der Waals surface area contributed by atoms with Crippen LogP contribution in [0.3, 0.4) is 0 Å². The SMILES string of the molecule is CCCCOC(=O)N1CCC[C@@H](c2cn(C(C)(C)Cc3c(-c4cccnc4C(C)OC)n(CC)c4ccc(-c5cccc(CC(NC(=O)OCc6ccccc6)C(=O)OC)c5)cc34)nn2)N1C(=O)O. The van der Waals surface area contributed by atoms with Gasteiger partial charge in [-0.15, -0.1) is 5.10 Å². The second-order valence-corrected chi connectivity index (χ2v) is 17.8. The highest BCUT2D eigenvalue weighted by Crippen LogP contribution is 2.42. The molecule has 364 valence electrons. The molecule has 0 spiro atoms. The second kappa shape index (κ2) is 22.2. The highest BCUT2D eigenvalue weighted by atomic mass is 16.6. The van der Waals surface area contributed by atoms with Crippen LogP contribution in [0.2, 0.25) is 0 Å². The van der Waals surface area contributed by atoms with Crippen LogP contribution in [0.25, 0.3) is 33.3 Å². The average Bonchev–Trinajstić information content (AvgIpc) is 3.99. The molecular weight excluding hydrogens is 881 g/mol. The van der Waals surface area contributed by atoms with E-state index < -0.39 is 41.9 Å². The smallest absolute Gasteiger partial charge is 0.428 e. The van der Waals surface area contributed by atoms with Crippen molar-refractivity contribution in [3.8, 4) is 22.4 Å².